The zero-order valence-corrected chi connectivity index (χ0v) is 13.1. The van der Waals surface area contributed by atoms with Crippen molar-refractivity contribution in [1.29, 1.82) is 0 Å². The second-order valence-electron chi connectivity index (χ2n) is 4.84. The Hall–Kier alpha value is -1.81. The highest BCUT2D eigenvalue weighted by atomic mass is 79.9. The van der Waals surface area contributed by atoms with Crippen LogP contribution in [0.4, 0.5) is 11.4 Å². The summed E-state index contributed by atoms with van der Waals surface area (Å²) in [4.78, 5) is 12.3. The van der Waals surface area contributed by atoms with Crippen LogP contribution < -0.4 is 11.1 Å². The van der Waals surface area contributed by atoms with Crippen LogP contribution in [0.3, 0.4) is 0 Å². The van der Waals surface area contributed by atoms with Crippen molar-refractivity contribution in [2.75, 3.05) is 11.1 Å². The highest BCUT2D eigenvalue weighted by Crippen LogP contribution is 2.24. The van der Waals surface area contributed by atoms with Gasteiger partial charge < -0.3 is 11.1 Å². The molecule has 20 heavy (non-hydrogen) atoms. The Morgan fingerprint density at radius 1 is 1.25 bits per heavy atom. The van der Waals surface area contributed by atoms with Gasteiger partial charge in [0.15, 0.2) is 0 Å². The number of nitrogens with one attached hydrogen (secondary N) is 1. The number of carbonyl (C=O) groups is 1. The zero-order chi connectivity index (χ0) is 14.7. The van der Waals surface area contributed by atoms with Crippen LogP contribution in [0.1, 0.15) is 24.0 Å². The molecule has 0 aromatic heterocycles. The lowest BCUT2D eigenvalue weighted by atomic mass is 9.99. The SMILES string of the molecule is Cc1ccc(Br)cc1NC(=O)C(C)c1cccc(N)c1. The summed E-state index contributed by atoms with van der Waals surface area (Å²) in [6.45, 7) is 3.84. The number of benzene rings is 2. The van der Waals surface area contributed by atoms with Crippen molar-refractivity contribution in [3.05, 3.63) is 58.1 Å². The molecule has 2 aromatic carbocycles. The molecule has 1 amide bonds. The molecule has 0 heterocycles. The maximum Gasteiger partial charge on any atom is 0.231 e. The molecule has 0 bridgehead atoms. The molecule has 4 heteroatoms. The van der Waals surface area contributed by atoms with E-state index in [2.05, 4.69) is 21.2 Å². The van der Waals surface area contributed by atoms with Crippen molar-refractivity contribution in [3.63, 3.8) is 0 Å². The molecule has 0 fully saturated rings. The number of halogens is 1. The fourth-order valence-corrected chi connectivity index (χ4v) is 2.31. The van der Waals surface area contributed by atoms with E-state index in [4.69, 9.17) is 5.73 Å². The Morgan fingerprint density at radius 3 is 2.70 bits per heavy atom. The molecule has 2 aromatic rings. The van der Waals surface area contributed by atoms with Gasteiger partial charge in [-0.1, -0.05) is 34.1 Å². The van der Waals surface area contributed by atoms with Crippen molar-refractivity contribution in [3.8, 4) is 0 Å². The van der Waals surface area contributed by atoms with E-state index in [-0.39, 0.29) is 11.8 Å². The first-order chi connectivity index (χ1) is 9.47. The van der Waals surface area contributed by atoms with E-state index < -0.39 is 0 Å². The zero-order valence-electron chi connectivity index (χ0n) is 11.5. The summed E-state index contributed by atoms with van der Waals surface area (Å²) in [7, 11) is 0. The summed E-state index contributed by atoms with van der Waals surface area (Å²) in [6, 6.07) is 13.2. The molecule has 1 unspecified atom stereocenters. The van der Waals surface area contributed by atoms with Gasteiger partial charge in [0.1, 0.15) is 0 Å². The first-order valence-corrected chi connectivity index (χ1v) is 7.19. The van der Waals surface area contributed by atoms with Crippen LogP contribution in [0.15, 0.2) is 46.9 Å². The van der Waals surface area contributed by atoms with E-state index in [0.717, 1.165) is 21.3 Å². The summed E-state index contributed by atoms with van der Waals surface area (Å²) < 4.78 is 0.940. The Balaban J connectivity index is 2.17. The molecule has 0 saturated carbocycles. The molecule has 0 spiro atoms. The first kappa shape index (κ1) is 14.6. The second kappa shape index (κ2) is 6.09. The number of carbonyl (C=O) groups excluding carboxylic acids is 1. The van der Waals surface area contributed by atoms with Gasteiger partial charge in [-0.25, -0.2) is 0 Å². The number of hydrogen-bond donors (Lipinski definition) is 2. The molecule has 1 atom stereocenters. The Morgan fingerprint density at radius 2 is 2.00 bits per heavy atom. The van der Waals surface area contributed by atoms with Gasteiger partial charge in [0, 0.05) is 15.8 Å². The van der Waals surface area contributed by atoms with Crippen LogP contribution >= 0.6 is 15.9 Å². The molecule has 0 saturated heterocycles. The van der Waals surface area contributed by atoms with E-state index in [0.29, 0.717) is 5.69 Å². The van der Waals surface area contributed by atoms with Crippen LogP contribution in [-0.4, -0.2) is 5.91 Å². The molecular formula is C16H17BrN2O. The minimum absolute atomic E-state index is 0.0446. The number of aryl methyl sites for hydroxylation is 1. The van der Waals surface area contributed by atoms with Crippen molar-refractivity contribution in [1.82, 2.24) is 0 Å². The fraction of sp³-hybridized carbons (Fsp3) is 0.188. The van der Waals surface area contributed by atoms with Crippen molar-refractivity contribution >= 4 is 33.2 Å². The number of nitrogens with two attached hydrogens (primary N) is 1. The maximum absolute atomic E-state index is 12.3. The van der Waals surface area contributed by atoms with Gasteiger partial charge >= 0.3 is 0 Å². The smallest absolute Gasteiger partial charge is 0.231 e. The first-order valence-electron chi connectivity index (χ1n) is 6.40. The van der Waals surface area contributed by atoms with E-state index in [1.54, 1.807) is 0 Å². The van der Waals surface area contributed by atoms with Gasteiger partial charge in [0.2, 0.25) is 5.91 Å². The summed E-state index contributed by atoms with van der Waals surface area (Å²) in [5.74, 6) is -0.298. The standard InChI is InChI=1S/C16H17BrN2O/c1-10-6-7-13(17)9-15(10)19-16(20)11(2)12-4-3-5-14(18)8-12/h3-9,11H,18H2,1-2H3,(H,19,20). The molecular weight excluding hydrogens is 316 g/mol. The molecule has 3 nitrogen and oxygen atoms in total. The third-order valence-corrected chi connectivity index (χ3v) is 3.75. The summed E-state index contributed by atoms with van der Waals surface area (Å²) in [5, 5.41) is 2.96. The Kier molecular flexibility index (Phi) is 4.45. The number of rotatable bonds is 3. The third-order valence-electron chi connectivity index (χ3n) is 3.26. The Bertz CT molecular complexity index is 640. The number of amides is 1. The Labute approximate surface area is 127 Å². The maximum atomic E-state index is 12.3. The number of nitrogen functional groups attached to an aromatic ring is 1. The summed E-state index contributed by atoms with van der Waals surface area (Å²) in [5.41, 5.74) is 9.18. The van der Waals surface area contributed by atoms with E-state index >= 15 is 0 Å². The van der Waals surface area contributed by atoms with Gasteiger partial charge in [-0.3, -0.25) is 4.79 Å². The van der Waals surface area contributed by atoms with Crippen LogP contribution in [0, 0.1) is 6.92 Å². The highest BCUT2D eigenvalue weighted by molar-refractivity contribution is 9.10. The monoisotopic (exact) mass is 332 g/mol. The van der Waals surface area contributed by atoms with Gasteiger partial charge in [-0.05, 0) is 49.2 Å². The molecule has 0 aliphatic carbocycles. The largest absolute Gasteiger partial charge is 0.399 e. The van der Waals surface area contributed by atoms with Crippen LogP contribution in [0.2, 0.25) is 0 Å². The topological polar surface area (TPSA) is 55.1 Å². The van der Waals surface area contributed by atoms with E-state index in [9.17, 15) is 4.79 Å². The average Bonchev–Trinajstić information content (AvgIpc) is 2.42. The quantitative estimate of drug-likeness (QED) is 0.832. The molecule has 104 valence electrons. The lowest BCUT2D eigenvalue weighted by Crippen LogP contribution is -2.19. The summed E-state index contributed by atoms with van der Waals surface area (Å²) in [6.07, 6.45) is 0. The lowest BCUT2D eigenvalue weighted by Gasteiger charge is -2.14. The van der Waals surface area contributed by atoms with Crippen molar-refractivity contribution in [2.45, 2.75) is 19.8 Å². The van der Waals surface area contributed by atoms with Crippen molar-refractivity contribution < 1.29 is 4.79 Å². The van der Waals surface area contributed by atoms with Crippen molar-refractivity contribution in [2.24, 2.45) is 0 Å². The number of hydrogen-bond acceptors (Lipinski definition) is 2. The van der Waals surface area contributed by atoms with E-state index in [1.807, 2.05) is 56.3 Å². The van der Waals surface area contributed by atoms with Gasteiger partial charge in [0.05, 0.1) is 5.92 Å². The predicted octanol–water partition coefficient (Wildman–Crippen LogP) is 4.08. The van der Waals surface area contributed by atoms with E-state index in [1.165, 1.54) is 0 Å². The average molecular weight is 333 g/mol. The summed E-state index contributed by atoms with van der Waals surface area (Å²) >= 11 is 3.41. The minimum Gasteiger partial charge on any atom is -0.399 e. The molecule has 0 aliphatic heterocycles. The number of anilines is 2. The minimum atomic E-state index is -0.253. The third kappa shape index (κ3) is 3.39. The van der Waals surface area contributed by atoms with Crippen LogP contribution in [0.5, 0.6) is 0 Å². The fourth-order valence-electron chi connectivity index (χ4n) is 1.95. The second-order valence-corrected chi connectivity index (χ2v) is 5.76. The van der Waals surface area contributed by atoms with Gasteiger partial charge in [-0.2, -0.15) is 0 Å². The predicted molar refractivity (Wildman–Crippen MR) is 86.8 cm³/mol. The lowest BCUT2D eigenvalue weighted by molar-refractivity contribution is -0.117. The molecule has 3 N–H and O–H groups in total. The molecule has 0 aliphatic rings. The van der Waals surface area contributed by atoms with Crippen LogP contribution in [-0.2, 0) is 4.79 Å². The highest BCUT2D eigenvalue weighted by Gasteiger charge is 2.16. The molecule has 2 rings (SSSR count). The van der Waals surface area contributed by atoms with Gasteiger partial charge in [0.25, 0.3) is 0 Å². The molecule has 0 radical (unpaired) electrons. The van der Waals surface area contributed by atoms with Crippen LogP contribution in [0.25, 0.3) is 0 Å². The normalized spacial score (nSPS) is 11.9. The van der Waals surface area contributed by atoms with Gasteiger partial charge in [-0.15, -0.1) is 0 Å².